The van der Waals surface area contributed by atoms with E-state index in [1.54, 1.807) is 18.5 Å². The number of hydrogen-bond acceptors (Lipinski definition) is 4. The first kappa shape index (κ1) is 16.1. The first-order valence-electron chi connectivity index (χ1n) is 9.14. The van der Waals surface area contributed by atoms with Gasteiger partial charge in [0.05, 0.1) is 12.0 Å². The molecule has 6 heteroatoms. The van der Waals surface area contributed by atoms with Gasteiger partial charge in [-0.15, -0.1) is 0 Å². The number of anilines is 1. The highest BCUT2D eigenvalue weighted by Gasteiger charge is 2.35. The van der Waals surface area contributed by atoms with Crippen molar-refractivity contribution in [2.75, 3.05) is 11.9 Å². The van der Waals surface area contributed by atoms with E-state index < -0.39 is 0 Å². The normalized spacial score (nSPS) is 20.7. The van der Waals surface area contributed by atoms with E-state index in [0.29, 0.717) is 0 Å². The lowest BCUT2D eigenvalue weighted by Crippen LogP contribution is -2.40. The van der Waals surface area contributed by atoms with Crippen LogP contribution >= 0.6 is 0 Å². The Morgan fingerprint density at radius 2 is 2.04 bits per heavy atom. The number of nitrogens with one attached hydrogen (secondary N) is 2. The molecule has 3 aromatic rings. The smallest absolute Gasteiger partial charge is 0.138 e. The van der Waals surface area contributed by atoms with Crippen molar-refractivity contribution in [2.24, 2.45) is 7.05 Å². The van der Waals surface area contributed by atoms with Crippen LogP contribution in [0.15, 0.2) is 48.8 Å². The maximum Gasteiger partial charge on any atom is 0.138 e. The average Bonchev–Trinajstić information content (AvgIpc) is 2.98. The van der Waals surface area contributed by atoms with E-state index in [2.05, 4.69) is 32.8 Å². The van der Waals surface area contributed by atoms with Gasteiger partial charge in [0, 0.05) is 35.9 Å². The van der Waals surface area contributed by atoms with Crippen molar-refractivity contribution >= 4 is 17.5 Å². The third-order valence-electron chi connectivity index (χ3n) is 5.45. The van der Waals surface area contributed by atoms with Crippen LogP contribution in [0.4, 0.5) is 10.1 Å². The molecule has 1 aromatic heterocycles. The summed E-state index contributed by atoms with van der Waals surface area (Å²) in [4.78, 5) is 4.57. The van der Waals surface area contributed by atoms with E-state index in [1.165, 1.54) is 5.57 Å². The van der Waals surface area contributed by atoms with Gasteiger partial charge in [-0.1, -0.05) is 30.3 Å². The minimum atomic E-state index is -0.237. The molecule has 5 nitrogen and oxygen atoms in total. The predicted octanol–water partition coefficient (Wildman–Crippen LogP) is 1.79. The summed E-state index contributed by atoms with van der Waals surface area (Å²) < 4.78 is 16.1. The Balaban J connectivity index is 1.83. The maximum atomic E-state index is 14.3. The van der Waals surface area contributed by atoms with E-state index in [-0.39, 0.29) is 17.8 Å². The molecule has 0 aliphatic carbocycles. The van der Waals surface area contributed by atoms with Gasteiger partial charge in [0.15, 0.2) is 0 Å². The SMILES string of the molecule is Cn1ncnc1C1C2=c3c(cc(F)cc3=CNCC2)NC1c1ccccc1. The van der Waals surface area contributed by atoms with E-state index in [0.717, 1.165) is 40.5 Å². The van der Waals surface area contributed by atoms with Crippen LogP contribution in [0.3, 0.4) is 0 Å². The molecule has 136 valence electrons. The van der Waals surface area contributed by atoms with Gasteiger partial charge in [-0.05, 0) is 29.7 Å². The molecule has 27 heavy (non-hydrogen) atoms. The Labute approximate surface area is 156 Å². The number of hydrogen-bond donors (Lipinski definition) is 2. The van der Waals surface area contributed by atoms with E-state index >= 15 is 0 Å². The second-order valence-corrected chi connectivity index (χ2v) is 7.04. The number of aryl methyl sites for hydroxylation is 1. The molecule has 0 spiro atoms. The highest BCUT2D eigenvalue weighted by Crippen LogP contribution is 2.42. The van der Waals surface area contributed by atoms with Gasteiger partial charge in [0.25, 0.3) is 0 Å². The molecule has 0 fully saturated rings. The summed E-state index contributed by atoms with van der Waals surface area (Å²) in [7, 11) is 1.92. The van der Waals surface area contributed by atoms with Crippen LogP contribution in [0.2, 0.25) is 0 Å². The van der Waals surface area contributed by atoms with E-state index in [4.69, 9.17) is 0 Å². The van der Waals surface area contributed by atoms with Crippen LogP contribution < -0.4 is 21.1 Å². The Bertz CT molecular complexity index is 1120. The molecule has 0 saturated carbocycles. The molecule has 2 aliphatic heterocycles. The van der Waals surface area contributed by atoms with Gasteiger partial charge < -0.3 is 10.6 Å². The van der Waals surface area contributed by atoms with Crippen molar-refractivity contribution in [3.63, 3.8) is 0 Å². The molecule has 0 radical (unpaired) electrons. The predicted molar refractivity (Wildman–Crippen MR) is 103 cm³/mol. The second kappa shape index (κ2) is 6.23. The van der Waals surface area contributed by atoms with E-state index in [1.807, 2.05) is 36.1 Å². The summed E-state index contributed by atoms with van der Waals surface area (Å²) >= 11 is 0. The zero-order valence-corrected chi connectivity index (χ0v) is 15.0. The molecular weight excluding hydrogens is 341 g/mol. The van der Waals surface area contributed by atoms with Crippen LogP contribution in [-0.2, 0) is 7.05 Å². The first-order chi connectivity index (χ1) is 13.2. The van der Waals surface area contributed by atoms with Crippen LogP contribution in [0.1, 0.15) is 29.8 Å². The molecule has 2 N–H and O–H groups in total. The summed E-state index contributed by atoms with van der Waals surface area (Å²) in [5.41, 5.74) is 3.26. The third kappa shape index (κ3) is 2.60. The molecular formula is C21H20FN5. The van der Waals surface area contributed by atoms with Gasteiger partial charge in [0.2, 0.25) is 0 Å². The van der Waals surface area contributed by atoms with Crippen LogP contribution in [0.5, 0.6) is 0 Å². The van der Waals surface area contributed by atoms with Gasteiger partial charge in [0.1, 0.15) is 18.0 Å². The highest BCUT2D eigenvalue weighted by molar-refractivity contribution is 5.69. The standard InChI is InChI=1S/C21H20FN5/c1-27-21(24-12-25-27)19-16-7-8-23-11-14-9-15(22)10-17(18(14)16)26-20(19)13-5-3-2-4-6-13/h2-6,9-12,19-20,23,26H,7-8H2,1H3. The number of nitrogens with zero attached hydrogens (tertiary/aromatic N) is 3. The van der Waals surface area contributed by atoms with Crippen molar-refractivity contribution in [3.05, 3.63) is 76.4 Å². The first-order valence-corrected chi connectivity index (χ1v) is 9.14. The molecule has 2 unspecified atom stereocenters. The van der Waals surface area contributed by atoms with Gasteiger partial charge in [-0.2, -0.15) is 5.10 Å². The molecule has 0 bridgehead atoms. The maximum absolute atomic E-state index is 14.3. The molecule has 3 heterocycles. The van der Waals surface area contributed by atoms with Crippen molar-refractivity contribution in [2.45, 2.75) is 18.4 Å². The fraction of sp³-hybridized carbons (Fsp3) is 0.238. The molecule has 2 atom stereocenters. The summed E-state index contributed by atoms with van der Waals surface area (Å²) in [6, 6.07) is 13.4. The van der Waals surface area contributed by atoms with Crippen molar-refractivity contribution in [1.29, 1.82) is 0 Å². The average molecular weight is 361 g/mol. The summed E-state index contributed by atoms with van der Waals surface area (Å²) in [6.07, 6.45) is 4.37. The third-order valence-corrected chi connectivity index (χ3v) is 5.45. The topological polar surface area (TPSA) is 54.8 Å². The molecule has 5 rings (SSSR count). The highest BCUT2D eigenvalue weighted by atomic mass is 19.1. The molecule has 2 aromatic carbocycles. The molecule has 0 saturated heterocycles. The Morgan fingerprint density at radius 3 is 2.81 bits per heavy atom. The monoisotopic (exact) mass is 361 g/mol. The van der Waals surface area contributed by atoms with Crippen molar-refractivity contribution in [1.82, 2.24) is 20.1 Å². The Morgan fingerprint density at radius 1 is 1.19 bits per heavy atom. The van der Waals surface area contributed by atoms with Crippen LogP contribution in [-0.4, -0.2) is 21.3 Å². The Kier molecular flexibility index (Phi) is 3.70. The van der Waals surface area contributed by atoms with Crippen LogP contribution in [0.25, 0.3) is 11.8 Å². The lowest BCUT2D eigenvalue weighted by Gasteiger charge is -2.35. The zero-order chi connectivity index (χ0) is 18.4. The quantitative estimate of drug-likeness (QED) is 0.731. The fourth-order valence-corrected chi connectivity index (χ4v) is 4.32. The van der Waals surface area contributed by atoms with Gasteiger partial charge >= 0.3 is 0 Å². The van der Waals surface area contributed by atoms with Crippen molar-refractivity contribution < 1.29 is 4.39 Å². The van der Waals surface area contributed by atoms with Crippen LogP contribution in [0, 0.1) is 5.82 Å². The van der Waals surface area contributed by atoms with E-state index in [9.17, 15) is 4.39 Å². The minimum Gasteiger partial charge on any atom is -0.390 e. The van der Waals surface area contributed by atoms with Gasteiger partial charge in [-0.3, -0.25) is 4.68 Å². The van der Waals surface area contributed by atoms with Gasteiger partial charge in [-0.25, -0.2) is 9.37 Å². The van der Waals surface area contributed by atoms with Crippen molar-refractivity contribution in [3.8, 4) is 0 Å². The Hall–Kier alpha value is -3.15. The minimum absolute atomic E-state index is 0.0184. The lowest BCUT2D eigenvalue weighted by molar-refractivity contribution is 0.585. The lowest BCUT2D eigenvalue weighted by atomic mass is 9.80. The largest absolute Gasteiger partial charge is 0.390 e. The molecule has 0 amide bonds. The number of aromatic nitrogens is 3. The summed E-state index contributed by atoms with van der Waals surface area (Å²) in [5, 5.41) is 13.2. The number of benzene rings is 2. The summed E-state index contributed by atoms with van der Waals surface area (Å²) in [5.74, 6) is 0.693. The molecule has 2 aliphatic rings. The fourth-order valence-electron chi connectivity index (χ4n) is 4.32. The zero-order valence-electron chi connectivity index (χ0n) is 15.0. The second-order valence-electron chi connectivity index (χ2n) is 7.04. The number of rotatable bonds is 2. The summed E-state index contributed by atoms with van der Waals surface area (Å²) in [6.45, 7) is 0.806. The number of halogens is 1.